The lowest BCUT2D eigenvalue weighted by atomic mass is 9.77. The molecule has 0 unspecified atom stereocenters. The predicted octanol–water partition coefficient (Wildman–Crippen LogP) is 2.56. The molecule has 1 rings (SSSR count). The number of amides is 2. The zero-order chi connectivity index (χ0) is 15.1. The molecule has 2 amide bonds. The summed E-state index contributed by atoms with van der Waals surface area (Å²) in [5.74, 6) is 1.28. The zero-order valence-corrected chi connectivity index (χ0v) is 12.9. The number of hydrogen-bond acceptors (Lipinski definition) is 2. The Labute approximate surface area is 121 Å². The molecule has 1 fully saturated rings. The number of urea groups is 1. The van der Waals surface area contributed by atoms with Crippen LogP contribution < -0.4 is 5.32 Å². The van der Waals surface area contributed by atoms with E-state index in [2.05, 4.69) is 19.2 Å². The van der Waals surface area contributed by atoms with Crippen LogP contribution in [0, 0.1) is 17.8 Å². The molecule has 0 spiro atoms. The van der Waals surface area contributed by atoms with Crippen LogP contribution in [0.2, 0.25) is 0 Å². The largest absolute Gasteiger partial charge is 0.481 e. The summed E-state index contributed by atoms with van der Waals surface area (Å²) >= 11 is 0. The molecule has 0 aromatic heterocycles. The van der Waals surface area contributed by atoms with E-state index in [1.807, 2.05) is 0 Å². The van der Waals surface area contributed by atoms with E-state index in [4.69, 9.17) is 5.11 Å². The van der Waals surface area contributed by atoms with E-state index in [0.717, 1.165) is 11.8 Å². The Balaban J connectivity index is 2.20. The van der Waals surface area contributed by atoms with Gasteiger partial charge in [-0.05, 0) is 43.4 Å². The van der Waals surface area contributed by atoms with Crippen molar-refractivity contribution in [1.29, 1.82) is 0 Å². The van der Waals surface area contributed by atoms with Crippen LogP contribution in [0.25, 0.3) is 0 Å². The first-order chi connectivity index (χ1) is 9.40. The van der Waals surface area contributed by atoms with Crippen LogP contribution in [-0.4, -0.2) is 42.1 Å². The first-order valence-electron chi connectivity index (χ1n) is 7.61. The van der Waals surface area contributed by atoms with Crippen molar-refractivity contribution in [3.63, 3.8) is 0 Å². The van der Waals surface area contributed by atoms with Crippen molar-refractivity contribution in [2.75, 3.05) is 20.1 Å². The van der Waals surface area contributed by atoms with E-state index in [0.29, 0.717) is 12.5 Å². The maximum atomic E-state index is 11.8. The molecular formula is C15H28N2O3. The lowest BCUT2D eigenvalue weighted by Gasteiger charge is -2.31. The van der Waals surface area contributed by atoms with E-state index in [1.165, 1.54) is 30.6 Å². The third-order valence-electron chi connectivity index (χ3n) is 4.38. The third kappa shape index (κ3) is 5.80. The van der Waals surface area contributed by atoms with Crippen molar-refractivity contribution in [2.24, 2.45) is 17.8 Å². The molecular weight excluding hydrogens is 256 g/mol. The average molecular weight is 284 g/mol. The molecule has 0 atom stereocenters. The number of carbonyl (C=O) groups is 2. The van der Waals surface area contributed by atoms with Crippen LogP contribution in [0.5, 0.6) is 0 Å². The fraction of sp³-hybridized carbons (Fsp3) is 0.867. The number of rotatable bonds is 6. The summed E-state index contributed by atoms with van der Waals surface area (Å²) in [7, 11) is 1.63. The lowest BCUT2D eigenvalue weighted by molar-refractivity contribution is -0.137. The quantitative estimate of drug-likeness (QED) is 0.787. The smallest absolute Gasteiger partial charge is 0.317 e. The molecule has 20 heavy (non-hydrogen) atoms. The van der Waals surface area contributed by atoms with Crippen LogP contribution in [-0.2, 0) is 4.79 Å². The Morgan fingerprint density at radius 3 is 2.35 bits per heavy atom. The maximum Gasteiger partial charge on any atom is 0.317 e. The average Bonchev–Trinajstić information content (AvgIpc) is 2.42. The van der Waals surface area contributed by atoms with Crippen molar-refractivity contribution in [2.45, 2.75) is 46.0 Å². The SMILES string of the molecule is CC(C)C1CCC(CNC(=O)N(C)CCC(=O)O)CC1. The number of hydrogen-bond donors (Lipinski definition) is 2. The van der Waals surface area contributed by atoms with Gasteiger partial charge in [-0.3, -0.25) is 4.79 Å². The maximum absolute atomic E-state index is 11.8. The van der Waals surface area contributed by atoms with Gasteiger partial charge in [-0.25, -0.2) is 4.79 Å². The van der Waals surface area contributed by atoms with Crippen LogP contribution in [0.1, 0.15) is 46.0 Å². The number of nitrogens with zero attached hydrogens (tertiary/aromatic N) is 1. The first-order valence-corrected chi connectivity index (χ1v) is 7.61. The molecule has 0 aliphatic heterocycles. The molecule has 116 valence electrons. The summed E-state index contributed by atoms with van der Waals surface area (Å²) in [6.07, 6.45) is 4.87. The summed E-state index contributed by atoms with van der Waals surface area (Å²) in [5, 5.41) is 11.5. The van der Waals surface area contributed by atoms with Gasteiger partial charge in [-0.2, -0.15) is 0 Å². The van der Waals surface area contributed by atoms with Gasteiger partial charge in [0.05, 0.1) is 6.42 Å². The van der Waals surface area contributed by atoms with Gasteiger partial charge in [0.15, 0.2) is 0 Å². The molecule has 0 saturated heterocycles. The molecule has 5 nitrogen and oxygen atoms in total. The Bertz CT molecular complexity index is 323. The summed E-state index contributed by atoms with van der Waals surface area (Å²) < 4.78 is 0. The molecule has 1 aliphatic carbocycles. The number of carbonyl (C=O) groups excluding carboxylic acids is 1. The Kier molecular flexibility index (Phi) is 6.82. The van der Waals surface area contributed by atoms with Gasteiger partial charge in [-0.15, -0.1) is 0 Å². The molecule has 1 saturated carbocycles. The molecule has 0 bridgehead atoms. The fourth-order valence-electron chi connectivity index (χ4n) is 2.79. The normalized spacial score (nSPS) is 22.6. The van der Waals surface area contributed by atoms with E-state index in [-0.39, 0.29) is 19.0 Å². The van der Waals surface area contributed by atoms with Crippen molar-refractivity contribution >= 4 is 12.0 Å². The van der Waals surface area contributed by atoms with Crippen molar-refractivity contribution < 1.29 is 14.7 Å². The summed E-state index contributed by atoms with van der Waals surface area (Å²) in [6, 6.07) is -0.169. The third-order valence-corrected chi connectivity index (χ3v) is 4.38. The molecule has 0 aromatic rings. The fourth-order valence-corrected chi connectivity index (χ4v) is 2.79. The van der Waals surface area contributed by atoms with Crippen LogP contribution >= 0.6 is 0 Å². The predicted molar refractivity (Wildman–Crippen MR) is 78.6 cm³/mol. The number of nitrogens with one attached hydrogen (secondary N) is 1. The minimum Gasteiger partial charge on any atom is -0.481 e. The number of carboxylic acids is 1. The molecule has 0 aromatic carbocycles. The molecule has 2 N–H and O–H groups in total. The van der Waals surface area contributed by atoms with Crippen LogP contribution in [0.15, 0.2) is 0 Å². The van der Waals surface area contributed by atoms with E-state index in [1.54, 1.807) is 7.05 Å². The van der Waals surface area contributed by atoms with Crippen molar-refractivity contribution in [3.05, 3.63) is 0 Å². The van der Waals surface area contributed by atoms with Gasteiger partial charge >= 0.3 is 12.0 Å². The molecule has 0 heterocycles. The highest BCUT2D eigenvalue weighted by molar-refractivity contribution is 5.74. The second-order valence-corrected chi connectivity index (χ2v) is 6.28. The van der Waals surface area contributed by atoms with Gasteiger partial charge in [0, 0.05) is 20.1 Å². The van der Waals surface area contributed by atoms with Crippen LogP contribution in [0.3, 0.4) is 0 Å². The number of carboxylic acid groups (broad SMARTS) is 1. The minimum atomic E-state index is -0.878. The summed E-state index contributed by atoms with van der Waals surface area (Å²) in [6.45, 7) is 5.52. The summed E-state index contributed by atoms with van der Waals surface area (Å²) in [4.78, 5) is 23.7. The monoisotopic (exact) mass is 284 g/mol. The van der Waals surface area contributed by atoms with Gasteiger partial charge in [0.2, 0.25) is 0 Å². The second-order valence-electron chi connectivity index (χ2n) is 6.28. The minimum absolute atomic E-state index is 0.0105. The van der Waals surface area contributed by atoms with E-state index < -0.39 is 5.97 Å². The Morgan fingerprint density at radius 1 is 1.25 bits per heavy atom. The highest BCUT2D eigenvalue weighted by Crippen LogP contribution is 2.32. The summed E-state index contributed by atoms with van der Waals surface area (Å²) in [5.41, 5.74) is 0. The first kappa shape index (κ1) is 16.8. The topological polar surface area (TPSA) is 69.6 Å². The van der Waals surface area contributed by atoms with Crippen molar-refractivity contribution in [1.82, 2.24) is 10.2 Å². The molecule has 0 radical (unpaired) electrons. The highest BCUT2D eigenvalue weighted by atomic mass is 16.4. The molecule has 1 aliphatic rings. The zero-order valence-electron chi connectivity index (χ0n) is 12.9. The lowest BCUT2D eigenvalue weighted by Crippen LogP contribution is -2.41. The van der Waals surface area contributed by atoms with E-state index in [9.17, 15) is 9.59 Å². The van der Waals surface area contributed by atoms with Gasteiger partial charge < -0.3 is 15.3 Å². The van der Waals surface area contributed by atoms with Crippen molar-refractivity contribution in [3.8, 4) is 0 Å². The van der Waals surface area contributed by atoms with Gasteiger partial charge in [0.25, 0.3) is 0 Å². The highest BCUT2D eigenvalue weighted by Gasteiger charge is 2.23. The van der Waals surface area contributed by atoms with Gasteiger partial charge in [-0.1, -0.05) is 13.8 Å². The van der Waals surface area contributed by atoms with E-state index >= 15 is 0 Å². The molecule has 5 heteroatoms. The van der Waals surface area contributed by atoms with Gasteiger partial charge in [0.1, 0.15) is 0 Å². The Hall–Kier alpha value is -1.26. The Morgan fingerprint density at radius 2 is 1.85 bits per heavy atom. The second kappa shape index (κ2) is 8.12. The van der Waals surface area contributed by atoms with Crippen LogP contribution in [0.4, 0.5) is 4.79 Å². The number of aliphatic carboxylic acids is 1. The standard InChI is InChI=1S/C15H28N2O3/c1-11(2)13-6-4-12(5-7-13)10-16-15(20)17(3)9-8-14(18)19/h11-13H,4-10H2,1-3H3,(H,16,20)(H,18,19).